The summed E-state index contributed by atoms with van der Waals surface area (Å²) >= 11 is 0. The molecule has 0 bridgehead atoms. The van der Waals surface area contributed by atoms with Gasteiger partial charge in [-0.2, -0.15) is 5.26 Å². The molecule has 0 aliphatic rings. The summed E-state index contributed by atoms with van der Waals surface area (Å²) in [5.74, 6) is -0.558. The van der Waals surface area contributed by atoms with Crippen LogP contribution in [0, 0.1) is 21.4 Å². The van der Waals surface area contributed by atoms with Gasteiger partial charge in [-0.05, 0) is 17.2 Å². The highest BCUT2D eigenvalue weighted by molar-refractivity contribution is 5.55. The highest BCUT2D eigenvalue weighted by Crippen LogP contribution is 2.26. The number of hydrogen-bond donors (Lipinski definition) is 2. The second-order valence-corrected chi connectivity index (χ2v) is 4.83. The van der Waals surface area contributed by atoms with Gasteiger partial charge in [0, 0.05) is 30.9 Å². The van der Waals surface area contributed by atoms with Crippen molar-refractivity contribution in [3.05, 3.63) is 69.8 Å². The van der Waals surface area contributed by atoms with Crippen molar-refractivity contribution in [3.63, 3.8) is 0 Å². The number of nitro groups is 1. The van der Waals surface area contributed by atoms with Gasteiger partial charge in [0.1, 0.15) is 0 Å². The first-order valence-electron chi connectivity index (χ1n) is 6.81. The van der Waals surface area contributed by atoms with Crippen LogP contribution in [0.3, 0.4) is 0 Å². The molecule has 2 aromatic carbocycles. The number of anilines is 1. The van der Waals surface area contributed by atoms with E-state index in [0.29, 0.717) is 17.8 Å². The van der Waals surface area contributed by atoms with Crippen LogP contribution in [-0.2, 0) is 6.54 Å². The van der Waals surface area contributed by atoms with E-state index >= 15 is 0 Å². The molecular weight excluding hydrogens is 280 g/mol. The van der Waals surface area contributed by atoms with Gasteiger partial charge >= 0.3 is 0 Å². The van der Waals surface area contributed by atoms with E-state index in [-0.39, 0.29) is 12.2 Å². The van der Waals surface area contributed by atoms with Gasteiger partial charge in [0.25, 0.3) is 5.69 Å². The zero-order valence-electron chi connectivity index (χ0n) is 11.9. The lowest BCUT2D eigenvalue weighted by molar-refractivity contribution is -0.384. The Morgan fingerprint density at radius 2 is 2.00 bits per heavy atom. The molecule has 1 atom stereocenters. The van der Waals surface area contributed by atoms with E-state index in [9.17, 15) is 10.1 Å². The largest absolute Gasteiger partial charge is 0.381 e. The van der Waals surface area contributed by atoms with Gasteiger partial charge in [-0.15, -0.1) is 0 Å². The number of nitrogens with two attached hydrogens (primary N) is 1. The predicted octanol–water partition coefficient (Wildman–Crippen LogP) is 2.77. The topological polar surface area (TPSA) is 105 Å². The van der Waals surface area contributed by atoms with Gasteiger partial charge in [-0.25, -0.2) is 0 Å². The molecule has 0 saturated heterocycles. The number of hydrogen-bond acceptors (Lipinski definition) is 5. The summed E-state index contributed by atoms with van der Waals surface area (Å²) < 4.78 is 0. The Kier molecular flexibility index (Phi) is 5.07. The highest BCUT2D eigenvalue weighted by Gasteiger charge is 2.15. The average Bonchev–Trinajstić information content (AvgIpc) is 2.55. The maximum absolute atomic E-state index is 11.0. The van der Waals surface area contributed by atoms with Crippen LogP contribution >= 0.6 is 0 Å². The minimum absolute atomic E-state index is 0.0539. The van der Waals surface area contributed by atoms with E-state index in [1.54, 1.807) is 6.07 Å². The Morgan fingerprint density at radius 1 is 1.27 bits per heavy atom. The lowest BCUT2D eigenvalue weighted by Gasteiger charge is -2.11. The minimum Gasteiger partial charge on any atom is -0.381 e. The number of nitrogens with zero attached hydrogens (tertiary/aromatic N) is 2. The number of non-ortho nitro benzene ring substituents is 1. The Labute approximate surface area is 128 Å². The SMILES string of the molecule is N#CC(CN)c1cc(NCc2ccccc2)cc([N+](=O)[O-])c1. The van der Waals surface area contributed by atoms with Crippen molar-refractivity contribution in [2.45, 2.75) is 12.5 Å². The minimum atomic E-state index is -0.558. The fourth-order valence-corrected chi connectivity index (χ4v) is 2.11. The normalized spacial score (nSPS) is 11.5. The second kappa shape index (κ2) is 7.20. The highest BCUT2D eigenvalue weighted by atomic mass is 16.6. The maximum atomic E-state index is 11.0. The number of benzene rings is 2. The molecule has 2 aromatic rings. The first-order chi connectivity index (χ1) is 10.6. The summed E-state index contributed by atoms with van der Waals surface area (Å²) in [5, 5.41) is 23.3. The van der Waals surface area contributed by atoms with Gasteiger partial charge in [-0.3, -0.25) is 10.1 Å². The Hall–Kier alpha value is -2.91. The Balaban J connectivity index is 2.26. The molecule has 0 heterocycles. The maximum Gasteiger partial charge on any atom is 0.271 e. The smallest absolute Gasteiger partial charge is 0.271 e. The van der Waals surface area contributed by atoms with Crippen molar-refractivity contribution in [1.29, 1.82) is 5.26 Å². The van der Waals surface area contributed by atoms with E-state index in [2.05, 4.69) is 11.4 Å². The predicted molar refractivity (Wildman–Crippen MR) is 84.3 cm³/mol. The average molecular weight is 296 g/mol. The number of nitro benzene ring substituents is 1. The van der Waals surface area contributed by atoms with Crippen LogP contribution in [0.5, 0.6) is 0 Å². The third-order valence-corrected chi connectivity index (χ3v) is 3.28. The molecule has 0 spiro atoms. The van der Waals surface area contributed by atoms with E-state index in [0.717, 1.165) is 5.56 Å². The third-order valence-electron chi connectivity index (χ3n) is 3.28. The molecule has 2 rings (SSSR count). The van der Waals surface area contributed by atoms with Crippen molar-refractivity contribution >= 4 is 11.4 Å². The van der Waals surface area contributed by atoms with Crippen LogP contribution in [0.1, 0.15) is 17.0 Å². The number of nitriles is 1. The molecular formula is C16H16N4O2. The van der Waals surface area contributed by atoms with Gasteiger partial charge in [0.15, 0.2) is 0 Å². The molecule has 0 aliphatic carbocycles. The Bertz CT molecular complexity index is 695. The summed E-state index contributed by atoms with van der Waals surface area (Å²) in [5.41, 5.74) is 7.70. The van der Waals surface area contributed by atoms with Gasteiger partial charge in [0.2, 0.25) is 0 Å². The molecule has 3 N–H and O–H groups in total. The van der Waals surface area contributed by atoms with Crippen molar-refractivity contribution in [2.75, 3.05) is 11.9 Å². The van der Waals surface area contributed by atoms with Crippen molar-refractivity contribution in [3.8, 4) is 6.07 Å². The molecule has 6 heteroatoms. The molecule has 0 aromatic heterocycles. The zero-order valence-corrected chi connectivity index (χ0v) is 11.9. The van der Waals surface area contributed by atoms with Crippen LogP contribution in [0.25, 0.3) is 0 Å². The van der Waals surface area contributed by atoms with Crippen molar-refractivity contribution in [1.82, 2.24) is 0 Å². The molecule has 1 unspecified atom stereocenters. The molecule has 0 aliphatic heterocycles. The number of rotatable bonds is 6. The summed E-state index contributed by atoms with van der Waals surface area (Å²) in [4.78, 5) is 10.6. The standard InChI is InChI=1S/C16H16N4O2/c17-9-14(10-18)13-6-15(8-16(7-13)20(21)22)19-11-12-4-2-1-3-5-12/h1-8,14,19H,9,11,17H2. The van der Waals surface area contributed by atoms with Gasteiger partial charge < -0.3 is 11.1 Å². The van der Waals surface area contributed by atoms with Crippen LogP contribution in [0.4, 0.5) is 11.4 Å². The summed E-state index contributed by atoms with van der Waals surface area (Å²) in [7, 11) is 0. The Morgan fingerprint density at radius 3 is 2.59 bits per heavy atom. The summed E-state index contributed by atoms with van der Waals surface area (Å²) in [6.07, 6.45) is 0. The lowest BCUT2D eigenvalue weighted by Crippen LogP contribution is -2.11. The van der Waals surface area contributed by atoms with Crippen LogP contribution < -0.4 is 11.1 Å². The van der Waals surface area contributed by atoms with Crippen molar-refractivity contribution < 1.29 is 4.92 Å². The van der Waals surface area contributed by atoms with Crippen LogP contribution in [-0.4, -0.2) is 11.5 Å². The van der Waals surface area contributed by atoms with E-state index < -0.39 is 10.8 Å². The zero-order chi connectivity index (χ0) is 15.9. The first-order valence-corrected chi connectivity index (χ1v) is 6.81. The van der Waals surface area contributed by atoms with Crippen molar-refractivity contribution in [2.24, 2.45) is 5.73 Å². The summed E-state index contributed by atoms with van der Waals surface area (Å²) in [6, 6.07) is 16.3. The fourth-order valence-electron chi connectivity index (χ4n) is 2.11. The summed E-state index contributed by atoms with van der Waals surface area (Å²) in [6.45, 7) is 0.664. The molecule has 0 saturated carbocycles. The quantitative estimate of drug-likeness (QED) is 0.630. The molecule has 0 radical (unpaired) electrons. The molecule has 0 fully saturated rings. The molecule has 112 valence electrons. The van der Waals surface area contributed by atoms with Crippen LogP contribution in [0.15, 0.2) is 48.5 Å². The second-order valence-electron chi connectivity index (χ2n) is 4.83. The van der Waals surface area contributed by atoms with Gasteiger partial charge in [0.05, 0.1) is 16.9 Å². The molecule has 6 nitrogen and oxygen atoms in total. The monoisotopic (exact) mass is 296 g/mol. The lowest BCUT2D eigenvalue weighted by atomic mass is 9.99. The van der Waals surface area contributed by atoms with E-state index in [1.165, 1.54) is 12.1 Å². The molecule has 22 heavy (non-hydrogen) atoms. The van der Waals surface area contributed by atoms with Gasteiger partial charge in [-0.1, -0.05) is 30.3 Å². The first kappa shape index (κ1) is 15.5. The molecule has 0 amide bonds. The van der Waals surface area contributed by atoms with E-state index in [1.807, 2.05) is 30.3 Å². The van der Waals surface area contributed by atoms with Crippen LogP contribution in [0.2, 0.25) is 0 Å². The van der Waals surface area contributed by atoms with E-state index in [4.69, 9.17) is 11.0 Å². The fraction of sp³-hybridized carbons (Fsp3) is 0.188. The number of nitrogens with one attached hydrogen (secondary N) is 1. The third kappa shape index (κ3) is 3.81.